The Bertz CT molecular complexity index is 3130. The molecule has 0 amide bonds. The molecule has 3 aromatic heterocycles. The van der Waals surface area contributed by atoms with Gasteiger partial charge in [-0.05, 0) is 41.5 Å². The number of fused-ring (bicyclic) bond motifs is 6. The number of nitrogens with zero attached hydrogens (tertiary/aromatic N) is 4. The fourth-order valence-corrected chi connectivity index (χ4v) is 8.03. The van der Waals surface area contributed by atoms with Gasteiger partial charge in [0, 0.05) is 55.0 Å². The zero-order valence-electron chi connectivity index (χ0n) is 30.2. The van der Waals surface area contributed by atoms with Crippen LogP contribution in [0.15, 0.2) is 199 Å². The standard InChI is InChI=1S/C51H32N4O/c1-3-14-34(15-4-1)49-52-50(35-16-5-2-6-17-35)54-51(53-49)37-19-11-18-36(32-37)40-23-13-25-44-43-24-12-22-39(47(43)56-48(40)44)33-28-30-38(31-29-33)55-45-26-9-7-20-41(45)42-21-8-10-27-46(42)55/h1-32H. The molecule has 0 saturated heterocycles. The van der Waals surface area contributed by atoms with Gasteiger partial charge in [0.25, 0.3) is 0 Å². The molecule has 11 aromatic rings. The van der Waals surface area contributed by atoms with Gasteiger partial charge in [-0.2, -0.15) is 0 Å². The van der Waals surface area contributed by atoms with Crippen LogP contribution in [0.5, 0.6) is 0 Å². The summed E-state index contributed by atoms with van der Waals surface area (Å²) in [5, 5.41) is 4.66. The summed E-state index contributed by atoms with van der Waals surface area (Å²) in [4.78, 5) is 14.8. The van der Waals surface area contributed by atoms with Crippen molar-refractivity contribution >= 4 is 43.7 Å². The normalized spacial score (nSPS) is 11.6. The highest BCUT2D eigenvalue weighted by Crippen LogP contribution is 2.41. The molecule has 5 heteroatoms. The molecular weight excluding hydrogens is 685 g/mol. The van der Waals surface area contributed by atoms with Crippen LogP contribution in [-0.2, 0) is 0 Å². The minimum Gasteiger partial charge on any atom is -0.455 e. The molecule has 0 saturated carbocycles. The molecule has 0 N–H and O–H groups in total. The van der Waals surface area contributed by atoms with Crippen molar-refractivity contribution in [3.8, 4) is 62.1 Å². The van der Waals surface area contributed by atoms with Gasteiger partial charge in [0.05, 0.1) is 11.0 Å². The molecule has 0 radical (unpaired) electrons. The maximum atomic E-state index is 6.89. The van der Waals surface area contributed by atoms with Crippen molar-refractivity contribution in [2.24, 2.45) is 0 Å². The zero-order valence-corrected chi connectivity index (χ0v) is 30.2. The Balaban J connectivity index is 1.00. The van der Waals surface area contributed by atoms with E-state index in [0.29, 0.717) is 17.5 Å². The van der Waals surface area contributed by atoms with E-state index in [0.717, 1.165) is 66.6 Å². The summed E-state index contributed by atoms with van der Waals surface area (Å²) in [6.07, 6.45) is 0. The third kappa shape index (κ3) is 5.29. The second-order valence-corrected chi connectivity index (χ2v) is 14.0. The minimum atomic E-state index is 0.614. The van der Waals surface area contributed by atoms with Crippen LogP contribution < -0.4 is 0 Å². The summed E-state index contributed by atoms with van der Waals surface area (Å²) in [5.74, 6) is 1.88. The quantitative estimate of drug-likeness (QED) is 0.172. The maximum Gasteiger partial charge on any atom is 0.164 e. The number of furan rings is 1. The Morgan fingerprint density at radius 1 is 0.321 bits per heavy atom. The van der Waals surface area contributed by atoms with Crippen molar-refractivity contribution in [3.63, 3.8) is 0 Å². The minimum absolute atomic E-state index is 0.614. The summed E-state index contributed by atoms with van der Waals surface area (Å²) in [7, 11) is 0. The van der Waals surface area contributed by atoms with Gasteiger partial charge in [0.2, 0.25) is 0 Å². The van der Waals surface area contributed by atoms with Crippen LogP contribution >= 0.6 is 0 Å². The maximum absolute atomic E-state index is 6.89. The number of benzene rings is 8. The molecule has 5 nitrogen and oxygen atoms in total. The summed E-state index contributed by atoms with van der Waals surface area (Å²) >= 11 is 0. The Morgan fingerprint density at radius 2 is 0.750 bits per heavy atom. The lowest BCUT2D eigenvalue weighted by molar-refractivity contribution is 0.671. The largest absolute Gasteiger partial charge is 0.455 e. The van der Waals surface area contributed by atoms with E-state index in [9.17, 15) is 0 Å². The lowest BCUT2D eigenvalue weighted by atomic mass is 9.99. The van der Waals surface area contributed by atoms with Crippen LogP contribution in [0.4, 0.5) is 0 Å². The second kappa shape index (κ2) is 13.0. The predicted octanol–water partition coefficient (Wildman–Crippen LogP) is 13.2. The molecule has 56 heavy (non-hydrogen) atoms. The van der Waals surface area contributed by atoms with Crippen molar-refractivity contribution in [1.82, 2.24) is 19.5 Å². The van der Waals surface area contributed by atoms with Crippen molar-refractivity contribution in [2.45, 2.75) is 0 Å². The van der Waals surface area contributed by atoms with E-state index >= 15 is 0 Å². The van der Waals surface area contributed by atoms with Crippen LogP contribution in [0, 0.1) is 0 Å². The average Bonchev–Trinajstić information content (AvgIpc) is 3.83. The molecule has 0 bridgehead atoms. The van der Waals surface area contributed by atoms with E-state index in [-0.39, 0.29) is 0 Å². The first-order chi connectivity index (χ1) is 27.8. The zero-order chi connectivity index (χ0) is 37.0. The molecule has 0 atom stereocenters. The van der Waals surface area contributed by atoms with Crippen LogP contribution in [0.25, 0.3) is 106 Å². The van der Waals surface area contributed by atoms with Crippen LogP contribution in [0.3, 0.4) is 0 Å². The monoisotopic (exact) mass is 716 g/mol. The van der Waals surface area contributed by atoms with Crippen LogP contribution in [0.2, 0.25) is 0 Å². The number of para-hydroxylation sites is 4. The van der Waals surface area contributed by atoms with Crippen molar-refractivity contribution in [3.05, 3.63) is 194 Å². The number of hydrogen-bond acceptors (Lipinski definition) is 4. The average molecular weight is 717 g/mol. The molecule has 11 rings (SSSR count). The molecule has 8 aromatic carbocycles. The summed E-state index contributed by atoms with van der Waals surface area (Å²) in [6.45, 7) is 0. The Labute approximate surface area is 322 Å². The van der Waals surface area contributed by atoms with E-state index in [2.05, 4.69) is 138 Å². The first kappa shape index (κ1) is 31.9. The number of hydrogen-bond donors (Lipinski definition) is 0. The van der Waals surface area contributed by atoms with E-state index in [4.69, 9.17) is 19.4 Å². The lowest BCUT2D eigenvalue weighted by Gasteiger charge is -2.10. The fraction of sp³-hybridized carbons (Fsp3) is 0. The van der Waals surface area contributed by atoms with Gasteiger partial charge in [-0.1, -0.05) is 164 Å². The van der Waals surface area contributed by atoms with E-state index in [1.807, 2.05) is 60.7 Å². The predicted molar refractivity (Wildman–Crippen MR) is 229 cm³/mol. The summed E-state index contributed by atoms with van der Waals surface area (Å²) < 4.78 is 9.24. The SMILES string of the molecule is c1ccc(-c2nc(-c3ccccc3)nc(-c3cccc(-c4cccc5c4oc4c(-c6ccc(-n7c8ccccc8c8ccccc87)cc6)cccc45)c3)n2)cc1. The molecular formula is C51H32N4O. The van der Waals surface area contributed by atoms with Gasteiger partial charge in [-0.15, -0.1) is 0 Å². The van der Waals surface area contributed by atoms with Gasteiger partial charge < -0.3 is 8.98 Å². The van der Waals surface area contributed by atoms with Crippen molar-refractivity contribution in [2.75, 3.05) is 0 Å². The number of aromatic nitrogens is 4. The van der Waals surface area contributed by atoms with Crippen molar-refractivity contribution in [1.29, 1.82) is 0 Å². The third-order valence-corrected chi connectivity index (χ3v) is 10.7. The first-order valence-corrected chi connectivity index (χ1v) is 18.8. The molecule has 0 unspecified atom stereocenters. The number of rotatable bonds is 6. The third-order valence-electron chi connectivity index (χ3n) is 10.7. The lowest BCUT2D eigenvalue weighted by Crippen LogP contribution is -2.00. The highest BCUT2D eigenvalue weighted by Gasteiger charge is 2.18. The fourth-order valence-electron chi connectivity index (χ4n) is 8.03. The van der Waals surface area contributed by atoms with Gasteiger partial charge in [-0.25, -0.2) is 15.0 Å². The molecule has 262 valence electrons. The van der Waals surface area contributed by atoms with Gasteiger partial charge in [0.1, 0.15) is 11.2 Å². The highest BCUT2D eigenvalue weighted by atomic mass is 16.3. The van der Waals surface area contributed by atoms with Gasteiger partial charge in [0.15, 0.2) is 17.5 Å². The first-order valence-electron chi connectivity index (χ1n) is 18.8. The van der Waals surface area contributed by atoms with Gasteiger partial charge in [-0.3, -0.25) is 0 Å². The van der Waals surface area contributed by atoms with Crippen molar-refractivity contribution < 1.29 is 4.42 Å². The topological polar surface area (TPSA) is 56.7 Å². The van der Waals surface area contributed by atoms with E-state index in [1.54, 1.807) is 0 Å². The molecule has 0 aliphatic carbocycles. The van der Waals surface area contributed by atoms with Crippen LogP contribution in [0.1, 0.15) is 0 Å². The molecule has 0 aliphatic rings. The summed E-state index contributed by atoms with van der Waals surface area (Å²) in [6, 6.07) is 67.4. The van der Waals surface area contributed by atoms with E-state index < -0.39 is 0 Å². The molecule has 3 heterocycles. The smallest absolute Gasteiger partial charge is 0.164 e. The van der Waals surface area contributed by atoms with Gasteiger partial charge >= 0.3 is 0 Å². The molecule has 0 spiro atoms. The van der Waals surface area contributed by atoms with E-state index in [1.165, 1.54) is 21.8 Å². The Kier molecular flexibility index (Phi) is 7.42. The highest BCUT2D eigenvalue weighted by molar-refractivity contribution is 6.13. The molecule has 0 fully saturated rings. The van der Waals surface area contributed by atoms with Crippen LogP contribution in [-0.4, -0.2) is 19.5 Å². The Hall–Kier alpha value is -7.63. The second-order valence-electron chi connectivity index (χ2n) is 14.0. The molecule has 0 aliphatic heterocycles. The summed E-state index contributed by atoms with van der Waals surface area (Å²) in [5.41, 5.74) is 12.2. The Morgan fingerprint density at radius 3 is 1.32 bits per heavy atom.